The van der Waals surface area contributed by atoms with Crippen LogP contribution in [0, 0.1) is 0 Å². The van der Waals surface area contributed by atoms with Gasteiger partial charge in [0.15, 0.2) is 5.96 Å². The van der Waals surface area contributed by atoms with E-state index in [0.717, 1.165) is 17.5 Å². The fourth-order valence-corrected chi connectivity index (χ4v) is 6.97. The minimum Gasteiger partial charge on any atom is -0.370 e. The number of nitrogens with zero attached hydrogens (tertiary/aromatic N) is 2. The summed E-state index contributed by atoms with van der Waals surface area (Å²) >= 11 is 0. The number of rotatable bonds is 12. The Kier molecular flexibility index (Phi) is 10.5. The maximum absolute atomic E-state index is 14.1. The fraction of sp³-hybridized carbons (Fsp3) is 0.378. The second-order valence-electron chi connectivity index (χ2n) is 12.7. The van der Waals surface area contributed by atoms with Crippen molar-refractivity contribution >= 4 is 28.7 Å². The number of guanidine groups is 1. The van der Waals surface area contributed by atoms with E-state index in [9.17, 15) is 9.59 Å². The lowest BCUT2D eigenvalue weighted by molar-refractivity contribution is -0.132. The van der Waals surface area contributed by atoms with Crippen molar-refractivity contribution < 1.29 is 9.59 Å². The minimum absolute atomic E-state index is 0.0155. The van der Waals surface area contributed by atoms with E-state index >= 15 is 0 Å². The van der Waals surface area contributed by atoms with Crippen molar-refractivity contribution in [2.75, 3.05) is 19.6 Å². The van der Waals surface area contributed by atoms with Gasteiger partial charge in [-0.05, 0) is 66.8 Å². The molecule has 4 unspecified atom stereocenters. The number of hydrogen-bond donors (Lipinski definition) is 6. The molecule has 3 aromatic carbocycles. The summed E-state index contributed by atoms with van der Waals surface area (Å²) in [6.45, 7) is 2.32. The molecule has 0 spiro atoms. The maximum Gasteiger partial charge on any atom is 0.239 e. The van der Waals surface area contributed by atoms with Gasteiger partial charge in [0.2, 0.25) is 11.8 Å². The highest BCUT2D eigenvalue weighted by Crippen LogP contribution is 2.22. The number of para-hydroxylation sites is 1. The van der Waals surface area contributed by atoms with E-state index in [4.69, 9.17) is 11.5 Å². The molecule has 4 aromatic rings. The maximum atomic E-state index is 14.1. The SMILES string of the molecule is NC(N)=NCCCC1NC(C(Cc2ccccc2)NC(=O)C2Cc3ccccc3CN2)CCN(CCc2c[nH]c3ccccc23)C1=O. The Morgan fingerprint density at radius 2 is 1.77 bits per heavy atom. The molecule has 47 heavy (non-hydrogen) atoms. The number of aromatic amines is 1. The molecule has 10 nitrogen and oxygen atoms in total. The van der Waals surface area contributed by atoms with Gasteiger partial charge in [0.1, 0.15) is 0 Å². The highest BCUT2D eigenvalue weighted by atomic mass is 16.2. The van der Waals surface area contributed by atoms with Crippen molar-refractivity contribution in [3.05, 3.63) is 107 Å². The molecule has 2 aliphatic heterocycles. The zero-order valence-electron chi connectivity index (χ0n) is 26.8. The lowest BCUT2D eigenvalue weighted by Crippen LogP contribution is -2.58. The zero-order valence-corrected chi connectivity index (χ0v) is 26.8. The van der Waals surface area contributed by atoms with Crippen molar-refractivity contribution in [2.24, 2.45) is 16.5 Å². The molecule has 3 heterocycles. The first-order valence-corrected chi connectivity index (χ1v) is 16.7. The molecule has 6 rings (SSSR count). The molecule has 1 fully saturated rings. The van der Waals surface area contributed by atoms with Crippen LogP contribution in [0.15, 0.2) is 90.1 Å². The summed E-state index contributed by atoms with van der Waals surface area (Å²) < 4.78 is 0. The number of benzene rings is 3. The molecule has 8 N–H and O–H groups in total. The van der Waals surface area contributed by atoms with E-state index in [2.05, 4.69) is 62.3 Å². The fourth-order valence-electron chi connectivity index (χ4n) is 6.97. The van der Waals surface area contributed by atoms with Gasteiger partial charge >= 0.3 is 0 Å². The number of carbonyl (C=O) groups excluding carboxylic acids is 2. The molecular formula is C37H46N8O2. The average Bonchev–Trinajstić information content (AvgIpc) is 3.44. The number of H-pyrrole nitrogens is 1. The number of aromatic nitrogens is 1. The minimum atomic E-state index is -0.422. The van der Waals surface area contributed by atoms with E-state index < -0.39 is 6.04 Å². The number of nitrogens with one attached hydrogen (secondary N) is 4. The second kappa shape index (κ2) is 15.3. The predicted octanol–water partition coefficient (Wildman–Crippen LogP) is 2.77. The summed E-state index contributed by atoms with van der Waals surface area (Å²) in [6.07, 6.45) is 6.05. The normalized spacial score (nSPS) is 20.3. The highest BCUT2D eigenvalue weighted by molar-refractivity contribution is 5.85. The van der Waals surface area contributed by atoms with Crippen LogP contribution in [0.3, 0.4) is 0 Å². The smallest absolute Gasteiger partial charge is 0.239 e. The topological polar surface area (TPSA) is 154 Å². The van der Waals surface area contributed by atoms with Crippen LogP contribution in [0.5, 0.6) is 0 Å². The summed E-state index contributed by atoms with van der Waals surface area (Å²) in [6, 6.07) is 25.7. The van der Waals surface area contributed by atoms with Gasteiger partial charge < -0.3 is 37.3 Å². The molecule has 0 aliphatic carbocycles. The Morgan fingerprint density at radius 1 is 1.00 bits per heavy atom. The quantitative estimate of drug-likeness (QED) is 0.0801. The van der Waals surface area contributed by atoms with E-state index in [1.54, 1.807) is 0 Å². The Bertz CT molecular complexity index is 1680. The molecule has 10 heteroatoms. The molecule has 2 aliphatic rings. The van der Waals surface area contributed by atoms with Crippen LogP contribution in [0.1, 0.15) is 41.5 Å². The lowest BCUT2D eigenvalue weighted by Gasteiger charge is -2.32. The average molecular weight is 635 g/mol. The third-order valence-electron chi connectivity index (χ3n) is 9.52. The van der Waals surface area contributed by atoms with Crippen LogP contribution in [0.4, 0.5) is 0 Å². The highest BCUT2D eigenvalue weighted by Gasteiger charge is 2.36. The van der Waals surface area contributed by atoms with Crippen LogP contribution in [-0.4, -0.2) is 71.5 Å². The van der Waals surface area contributed by atoms with Gasteiger partial charge in [-0.2, -0.15) is 0 Å². The van der Waals surface area contributed by atoms with Crippen molar-refractivity contribution in [2.45, 2.75) is 69.2 Å². The largest absolute Gasteiger partial charge is 0.370 e. The zero-order chi connectivity index (χ0) is 32.6. The summed E-state index contributed by atoms with van der Waals surface area (Å²) in [7, 11) is 0. The number of nitrogens with two attached hydrogens (primary N) is 2. The van der Waals surface area contributed by atoms with Crippen LogP contribution in [0.2, 0.25) is 0 Å². The van der Waals surface area contributed by atoms with Crippen molar-refractivity contribution in [3.8, 4) is 0 Å². The third kappa shape index (κ3) is 8.19. The van der Waals surface area contributed by atoms with Crippen LogP contribution < -0.4 is 27.4 Å². The van der Waals surface area contributed by atoms with Gasteiger partial charge in [-0.15, -0.1) is 0 Å². The Labute approximate surface area is 276 Å². The Morgan fingerprint density at radius 3 is 2.60 bits per heavy atom. The van der Waals surface area contributed by atoms with Gasteiger partial charge in [0.05, 0.1) is 12.1 Å². The number of aliphatic imine (C=N–C) groups is 1. The van der Waals surface area contributed by atoms with E-state index in [1.165, 1.54) is 22.1 Å². The first-order valence-electron chi connectivity index (χ1n) is 16.7. The molecular weight excluding hydrogens is 588 g/mol. The molecule has 0 radical (unpaired) electrons. The van der Waals surface area contributed by atoms with Crippen LogP contribution >= 0.6 is 0 Å². The third-order valence-corrected chi connectivity index (χ3v) is 9.52. The van der Waals surface area contributed by atoms with Crippen molar-refractivity contribution in [1.29, 1.82) is 0 Å². The lowest BCUT2D eigenvalue weighted by atomic mass is 9.93. The van der Waals surface area contributed by atoms with E-state index in [0.29, 0.717) is 58.3 Å². The Balaban J connectivity index is 1.21. The van der Waals surface area contributed by atoms with Gasteiger partial charge in [-0.3, -0.25) is 14.6 Å². The first kappa shape index (κ1) is 32.3. The van der Waals surface area contributed by atoms with Gasteiger partial charge in [0.25, 0.3) is 0 Å². The molecule has 0 bridgehead atoms. The van der Waals surface area contributed by atoms with Crippen molar-refractivity contribution in [1.82, 2.24) is 25.8 Å². The van der Waals surface area contributed by atoms with Gasteiger partial charge in [0, 0.05) is 55.4 Å². The van der Waals surface area contributed by atoms with E-state index in [-0.39, 0.29) is 35.9 Å². The van der Waals surface area contributed by atoms with Gasteiger partial charge in [-0.1, -0.05) is 72.8 Å². The molecule has 1 saturated heterocycles. The first-order chi connectivity index (χ1) is 22.9. The van der Waals surface area contributed by atoms with Crippen LogP contribution in [0.25, 0.3) is 10.9 Å². The number of fused-ring (bicyclic) bond motifs is 2. The summed E-state index contributed by atoms with van der Waals surface area (Å²) in [5.74, 6) is 0.110. The monoisotopic (exact) mass is 634 g/mol. The predicted molar refractivity (Wildman–Crippen MR) is 187 cm³/mol. The molecule has 0 saturated carbocycles. The molecule has 2 amide bonds. The van der Waals surface area contributed by atoms with Gasteiger partial charge in [-0.25, -0.2) is 0 Å². The number of carbonyl (C=O) groups is 2. The number of amides is 2. The summed E-state index contributed by atoms with van der Waals surface area (Å²) in [5, 5.41) is 11.7. The van der Waals surface area contributed by atoms with E-state index in [1.807, 2.05) is 53.6 Å². The van der Waals surface area contributed by atoms with Crippen molar-refractivity contribution in [3.63, 3.8) is 0 Å². The molecule has 246 valence electrons. The summed E-state index contributed by atoms with van der Waals surface area (Å²) in [4.78, 5) is 37.4. The molecule has 4 atom stereocenters. The standard InChI is InChI=1S/C37H46N8O2/c38-37(39)40-18-8-15-32-36(47)45(19-16-28-24-41-30-14-7-6-13-29(28)30)20-17-31(43-32)33(21-25-9-2-1-3-10-25)44-35(46)34-22-26-11-4-5-12-27(26)23-42-34/h1-7,9-14,24,31-34,41-43H,8,15-23H2,(H,44,46)(H4,38,39,40). The van der Waals surface area contributed by atoms with Crippen LogP contribution in [-0.2, 0) is 35.4 Å². The Hall–Kier alpha value is -4.67. The second-order valence-corrected chi connectivity index (χ2v) is 12.7. The molecule has 1 aromatic heterocycles. The summed E-state index contributed by atoms with van der Waals surface area (Å²) in [5.41, 5.74) is 17.0. The number of hydrogen-bond acceptors (Lipinski definition) is 5.